The van der Waals surface area contributed by atoms with Crippen LogP contribution in [0.25, 0.3) is 0 Å². The Morgan fingerprint density at radius 1 is 1.09 bits per heavy atom. The second kappa shape index (κ2) is 10.6. The number of rotatable bonds is 8. The van der Waals surface area contributed by atoms with Gasteiger partial charge in [0.05, 0.1) is 0 Å². The third-order valence-corrected chi connectivity index (χ3v) is 5.01. The summed E-state index contributed by atoms with van der Waals surface area (Å²) in [6, 6.07) is 13.3. The number of pyridine rings is 1. The first-order valence-corrected chi connectivity index (χ1v) is 10.3. The Morgan fingerprint density at radius 3 is 2.47 bits per heavy atom. The molecule has 3 aromatic rings. The van der Waals surface area contributed by atoms with Crippen molar-refractivity contribution in [2.24, 2.45) is 0 Å². The fourth-order valence-corrected chi connectivity index (χ4v) is 3.43. The van der Waals surface area contributed by atoms with Crippen LogP contribution in [-0.2, 0) is 6.54 Å². The van der Waals surface area contributed by atoms with Crippen LogP contribution in [0.15, 0.2) is 65.7 Å². The van der Waals surface area contributed by atoms with Crippen molar-refractivity contribution in [2.75, 3.05) is 7.05 Å². The number of alkyl halides is 3. The van der Waals surface area contributed by atoms with Crippen molar-refractivity contribution in [3.05, 3.63) is 76.9 Å². The molecule has 1 amide bonds. The zero-order valence-corrected chi connectivity index (χ0v) is 18.1. The highest BCUT2D eigenvalue weighted by molar-refractivity contribution is 7.97. The number of halogens is 4. The minimum atomic E-state index is -4.77. The first-order valence-electron chi connectivity index (χ1n) is 9.13. The summed E-state index contributed by atoms with van der Waals surface area (Å²) in [6.07, 6.45) is -3.38. The minimum Gasteiger partial charge on any atom is -0.439 e. The number of carbonyl (C=O) groups excluding carboxylic acids is 1. The SMILES string of the molecule is CNSc1ccc(CNC(=O)c2ccnc(Oc3ccc(OC(F)(F)F)cc3)c2)c(Cl)c1. The average molecular weight is 484 g/mol. The molecular weight excluding hydrogens is 467 g/mol. The lowest BCUT2D eigenvalue weighted by Gasteiger charge is -2.11. The Morgan fingerprint density at radius 2 is 1.81 bits per heavy atom. The predicted octanol–water partition coefficient (Wildman–Crippen LogP) is 5.58. The van der Waals surface area contributed by atoms with Crippen LogP contribution in [-0.4, -0.2) is 24.3 Å². The molecule has 6 nitrogen and oxygen atoms in total. The van der Waals surface area contributed by atoms with E-state index in [1.807, 2.05) is 12.1 Å². The summed E-state index contributed by atoms with van der Waals surface area (Å²) in [5.74, 6) is -0.400. The topological polar surface area (TPSA) is 72.5 Å². The van der Waals surface area contributed by atoms with Crippen molar-refractivity contribution < 1.29 is 27.4 Å². The molecule has 0 saturated heterocycles. The molecule has 3 rings (SSSR count). The summed E-state index contributed by atoms with van der Waals surface area (Å²) in [5, 5.41) is 3.31. The first-order chi connectivity index (χ1) is 15.2. The fraction of sp³-hybridized carbons (Fsp3) is 0.143. The molecule has 1 aromatic heterocycles. The molecule has 0 bridgehead atoms. The summed E-state index contributed by atoms with van der Waals surface area (Å²) in [6.45, 7) is 0.224. The lowest BCUT2D eigenvalue weighted by atomic mass is 10.2. The maximum atomic E-state index is 12.5. The molecule has 168 valence electrons. The molecule has 2 aromatic carbocycles. The Hall–Kier alpha value is -2.95. The molecule has 0 saturated carbocycles. The number of hydrogen-bond acceptors (Lipinski definition) is 6. The van der Waals surface area contributed by atoms with Gasteiger partial charge in [-0.15, -0.1) is 13.2 Å². The molecular formula is C21H17ClF3N3O3S. The zero-order chi connectivity index (χ0) is 23.1. The van der Waals surface area contributed by atoms with E-state index in [0.717, 1.165) is 22.6 Å². The number of ether oxygens (including phenoxy) is 2. The summed E-state index contributed by atoms with van der Waals surface area (Å²) < 4.78 is 49.0. The quantitative estimate of drug-likeness (QED) is 0.407. The molecule has 0 aliphatic heterocycles. The van der Waals surface area contributed by atoms with Gasteiger partial charge in [0.1, 0.15) is 11.5 Å². The van der Waals surface area contributed by atoms with Crippen LogP contribution in [0.3, 0.4) is 0 Å². The van der Waals surface area contributed by atoms with Crippen molar-refractivity contribution in [2.45, 2.75) is 17.8 Å². The van der Waals surface area contributed by atoms with Gasteiger partial charge in [0.15, 0.2) is 0 Å². The van der Waals surface area contributed by atoms with Crippen molar-refractivity contribution >= 4 is 29.5 Å². The molecule has 0 fully saturated rings. The van der Waals surface area contributed by atoms with Gasteiger partial charge in [-0.25, -0.2) is 4.98 Å². The van der Waals surface area contributed by atoms with Crippen molar-refractivity contribution in [3.63, 3.8) is 0 Å². The Balaban J connectivity index is 1.61. The lowest BCUT2D eigenvalue weighted by molar-refractivity contribution is -0.274. The molecule has 0 aliphatic carbocycles. The number of nitrogens with one attached hydrogen (secondary N) is 2. The minimum absolute atomic E-state index is 0.105. The highest BCUT2D eigenvalue weighted by Crippen LogP contribution is 2.27. The highest BCUT2D eigenvalue weighted by Gasteiger charge is 2.31. The fourth-order valence-electron chi connectivity index (χ4n) is 2.57. The number of amides is 1. The monoisotopic (exact) mass is 483 g/mol. The van der Waals surface area contributed by atoms with Crippen LogP contribution in [0.1, 0.15) is 15.9 Å². The normalized spacial score (nSPS) is 11.2. The molecule has 0 aliphatic rings. The van der Waals surface area contributed by atoms with Crippen LogP contribution in [0.4, 0.5) is 13.2 Å². The smallest absolute Gasteiger partial charge is 0.439 e. The predicted molar refractivity (Wildman–Crippen MR) is 115 cm³/mol. The number of aromatic nitrogens is 1. The van der Waals surface area contributed by atoms with Gasteiger partial charge in [0.2, 0.25) is 5.88 Å². The van der Waals surface area contributed by atoms with Crippen molar-refractivity contribution in [1.29, 1.82) is 0 Å². The second-order valence-corrected chi connectivity index (χ2v) is 7.74. The second-order valence-electron chi connectivity index (χ2n) is 6.25. The van der Waals surface area contributed by atoms with Gasteiger partial charge in [-0.1, -0.05) is 17.7 Å². The lowest BCUT2D eigenvalue weighted by Crippen LogP contribution is -2.23. The maximum absolute atomic E-state index is 12.5. The van der Waals surface area contributed by atoms with Crippen LogP contribution in [0, 0.1) is 0 Å². The maximum Gasteiger partial charge on any atom is 0.573 e. The largest absolute Gasteiger partial charge is 0.573 e. The molecule has 0 radical (unpaired) electrons. The highest BCUT2D eigenvalue weighted by atomic mass is 35.5. The standard InChI is InChI=1S/C21H17ClF3N3O3S/c1-26-32-17-7-2-14(18(22)11-17)12-28-20(29)13-8-9-27-19(10-13)30-15-3-5-16(6-4-15)31-21(23,24)25/h2-11,26H,12H2,1H3,(H,28,29). The van der Waals surface area contributed by atoms with E-state index in [2.05, 4.69) is 19.8 Å². The number of benzene rings is 2. The average Bonchev–Trinajstić information content (AvgIpc) is 2.74. The van der Waals surface area contributed by atoms with Crippen LogP contribution in [0.2, 0.25) is 5.02 Å². The van der Waals surface area contributed by atoms with Gasteiger partial charge >= 0.3 is 6.36 Å². The van der Waals surface area contributed by atoms with E-state index in [0.29, 0.717) is 10.6 Å². The van der Waals surface area contributed by atoms with Gasteiger partial charge in [-0.2, -0.15) is 0 Å². The molecule has 2 N–H and O–H groups in total. The Bertz CT molecular complexity index is 1080. The van der Waals surface area contributed by atoms with Gasteiger partial charge in [-0.3, -0.25) is 9.52 Å². The molecule has 1 heterocycles. The number of hydrogen-bond donors (Lipinski definition) is 2. The van der Waals surface area contributed by atoms with E-state index >= 15 is 0 Å². The number of carbonyl (C=O) groups is 1. The Labute approximate surface area is 191 Å². The van der Waals surface area contributed by atoms with E-state index in [4.69, 9.17) is 16.3 Å². The first kappa shape index (κ1) is 23.7. The third kappa shape index (κ3) is 7.04. The summed E-state index contributed by atoms with van der Waals surface area (Å²) in [7, 11) is 1.80. The van der Waals surface area contributed by atoms with Crippen molar-refractivity contribution in [3.8, 4) is 17.4 Å². The third-order valence-electron chi connectivity index (χ3n) is 3.96. The molecule has 0 spiro atoms. The van der Waals surface area contributed by atoms with Gasteiger partial charge in [0.25, 0.3) is 5.91 Å². The molecule has 11 heteroatoms. The summed E-state index contributed by atoms with van der Waals surface area (Å²) in [4.78, 5) is 17.5. The van der Waals surface area contributed by atoms with Gasteiger partial charge in [-0.05, 0) is 67.0 Å². The Kier molecular flexibility index (Phi) is 7.84. The van der Waals surface area contributed by atoms with E-state index in [-0.39, 0.29) is 29.8 Å². The van der Waals surface area contributed by atoms with E-state index in [9.17, 15) is 18.0 Å². The molecule has 0 unspecified atom stereocenters. The zero-order valence-electron chi connectivity index (χ0n) is 16.6. The van der Waals surface area contributed by atoms with E-state index in [1.54, 1.807) is 13.1 Å². The van der Waals surface area contributed by atoms with Crippen LogP contribution < -0.4 is 19.5 Å². The van der Waals surface area contributed by atoms with Crippen molar-refractivity contribution in [1.82, 2.24) is 15.0 Å². The van der Waals surface area contributed by atoms with Crippen LogP contribution >= 0.6 is 23.5 Å². The summed E-state index contributed by atoms with van der Waals surface area (Å²) in [5.41, 5.74) is 1.05. The summed E-state index contributed by atoms with van der Waals surface area (Å²) >= 11 is 7.69. The molecule has 32 heavy (non-hydrogen) atoms. The van der Waals surface area contributed by atoms with Gasteiger partial charge < -0.3 is 14.8 Å². The van der Waals surface area contributed by atoms with E-state index < -0.39 is 6.36 Å². The van der Waals surface area contributed by atoms with Gasteiger partial charge in [0, 0.05) is 34.3 Å². The molecule has 0 atom stereocenters. The number of nitrogens with zero attached hydrogens (tertiary/aromatic N) is 1. The van der Waals surface area contributed by atoms with E-state index in [1.165, 1.54) is 42.4 Å². The van der Waals surface area contributed by atoms with Crippen LogP contribution in [0.5, 0.6) is 17.4 Å².